The van der Waals surface area contributed by atoms with Crippen molar-refractivity contribution in [2.45, 2.75) is 19.0 Å². The second kappa shape index (κ2) is 7.19. The molecule has 1 unspecified atom stereocenters. The summed E-state index contributed by atoms with van der Waals surface area (Å²) in [6.07, 6.45) is 2.11. The van der Waals surface area contributed by atoms with E-state index < -0.39 is 18.0 Å². The monoisotopic (exact) mass is 338 g/mol. The van der Waals surface area contributed by atoms with E-state index in [2.05, 4.69) is 10.3 Å². The molecular formula is C19H18N2O4. The van der Waals surface area contributed by atoms with Crippen LogP contribution < -0.4 is 5.32 Å². The molecule has 3 aromatic rings. The Morgan fingerprint density at radius 3 is 2.48 bits per heavy atom. The first-order chi connectivity index (χ1) is 12.1. The van der Waals surface area contributed by atoms with E-state index in [1.165, 1.54) is 6.07 Å². The molecule has 0 aliphatic carbocycles. The van der Waals surface area contributed by atoms with E-state index in [0.29, 0.717) is 12.0 Å². The first kappa shape index (κ1) is 16.7. The van der Waals surface area contributed by atoms with Crippen molar-refractivity contribution in [1.29, 1.82) is 0 Å². The lowest BCUT2D eigenvalue weighted by Crippen LogP contribution is -2.38. The van der Waals surface area contributed by atoms with Crippen LogP contribution in [0.4, 0.5) is 0 Å². The Bertz CT molecular complexity index is 916. The Morgan fingerprint density at radius 2 is 1.72 bits per heavy atom. The van der Waals surface area contributed by atoms with Gasteiger partial charge in [-0.1, -0.05) is 36.4 Å². The molecule has 0 saturated carbocycles. The lowest BCUT2D eigenvalue weighted by molar-refractivity contribution is -0.139. The molecule has 0 saturated heterocycles. The van der Waals surface area contributed by atoms with Crippen molar-refractivity contribution in [1.82, 2.24) is 10.3 Å². The lowest BCUT2D eigenvalue weighted by Gasteiger charge is -2.15. The fraction of sp³-hybridized carbons (Fsp3) is 0.158. The molecule has 0 amide bonds. The Labute approximate surface area is 144 Å². The van der Waals surface area contributed by atoms with E-state index >= 15 is 0 Å². The highest BCUT2D eigenvalue weighted by atomic mass is 16.4. The predicted molar refractivity (Wildman–Crippen MR) is 93.7 cm³/mol. The van der Waals surface area contributed by atoms with Crippen LogP contribution in [0.15, 0.2) is 54.7 Å². The predicted octanol–water partition coefficient (Wildman–Crippen LogP) is 2.65. The standard InChI is InChI=1S/C19H18N2O4/c22-18(23)15-7-2-1-5-12(15)10-21-17(19(24)25)9-13-11-20-16-8-4-3-6-14(13)16/h1-8,11,17,20-21H,9-10H2,(H,22,23)(H,24,25). The third-order valence-corrected chi connectivity index (χ3v) is 4.18. The topological polar surface area (TPSA) is 102 Å². The zero-order valence-electron chi connectivity index (χ0n) is 13.4. The molecule has 25 heavy (non-hydrogen) atoms. The molecule has 128 valence electrons. The number of rotatable bonds is 7. The number of carboxylic acid groups (broad SMARTS) is 2. The normalized spacial score (nSPS) is 12.2. The highest BCUT2D eigenvalue weighted by Gasteiger charge is 2.20. The van der Waals surface area contributed by atoms with Gasteiger partial charge >= 0.3 is 11.9 Å². The van der Waals surface area contributed by atoms with Crippen molar-refractivity contribution < 1.29 is 19.8 Å². The second-order valence-electron chi connectivity index (χ2n) is 5.80. The maximum atomic E-state index is 11.6. The van der Waals surface area contributed by atoms with E-state index in [4.69, 9.17) is 0 Å². The van der Waals surface area contributed by atoms with E-state index in [-0.39, 0.29) is 12.1 Å². The van der Waals surface area contributed by atoms with Crippen LogP contribution in [0.5, 0.6) is 0 Å². The van der Waals surface area contributed by atoms with Crippen LogP contribution in [0.25, 0.3) is 10.9 Å². The van der Waals surface area contributed by atoms with E-state index in [1.807, 2.05) is 30.5 Å². The minimum Gasteiger partial charge on any atom is -0.480 e. The van der Waals surface area contributed by atoms with E-state index in [9.17, 15) is 19.8 Å². The largest absolute Gasteiger partial charge is 0.480 e. The molecule has 0 fully saturated rings. The molecular weight excluding hydrogens is 320 g/mol. The number of aromatic amines is 1. The van der Waals surface area contributed by atoms with Crippen molar-refractivity contribution in [3.63, 3.8) is 0 Å². The van der Waals surface area contributed by atoms with Crippen molar-refractivity contribution in [3.05, 3.63) is 71.4 Å². The van der Waals surface area contributed by atoms with Gasteiger partial charge in [0.1, 0.15) is 6.04 Å². The van der Waals surface area contributed by atoms with E-state index in [0.717, 1.165) is 16.5 Å². The number of fused-ring (bicyclic) bond motifs is 1. The Hall–Kier alpha value is -3.12. The van der Waals surface area contributed by atoms with Crippen LogP contribution in [0.1, 0.15) is 21.5 Å². The van der Waals surface area contributed by atoms with Gasteiger partial charge < -0.3 is 15.2 Å². The molecule has 0 aliphatic heterocycles. The number of carbonyl (C=O) groups is 2. The Morgan fingerprint density at radius 1 is 1.00 bits per heavy atom. The molecule has 4 N–H and O–H groups in total. The smallest absolute Gasteiger partial charge is 0.336 e. The SMILES string of the molecule is O=C(O)c1ccccc1CNC(Cc1c[nH]c2ccccc12)C(=O)O. The van der Waals surface area contributed by atoms with Gasteiger partial charge in [-0.05, 0) is 23.3 Å². The summed E-state index contributed by atoms with van der Waals surface area (Å²) in [6.45, 7) is 0.168. The fourth-order valence-corrected chi connectivity index (χ4v) is 2.88. The fourth-order valence-electron chi connectivity index (χ4n) is 2.88. The first-order valence-corrected chi connectivity index (χ1v) is 7.88. The number of carboxylic acids is 2. The van der Waals surface area contributed by atoms with Gasteiger partial charge in [0.05, 0.1) is 5.56 Å². The molecule has 0 radical (unpaired) electrons. The van der Waals surface area contributed by atoms with Crippen LogP contribution in [-0.2, 0) is 17.8 Å². The maximum absolute atomic E-state index is 11.6. The average Bonchev–Trinajstić information content (AvgIpc) is 3.01. The molecule has 2 aromatic carbocycles. The molecule has 0 aliphatic rings. The molecule has 6 nitrogen and oxygen atoms in total. The van der Waals surface area contributed by atoms with Crippen molar-refractivity contribution in [2.75, 3.05) is 0 Å². The third-order valence-electron chi connectivity index (χ3n) is 4.18. The quantitative estimate of drug-likeness (QED) is 0.530. The second-order valence-corrected chi connectivity index (χ2v) is 5.80. The van der Waals surface area contributed by atoms with Gasteiger partial charge in [0.25, 0.3) is 0 Å². The summed E-state index contributed by atoms with van der Waals surface area (Å²) in [5.41, 5.74) is 2.59. The van der Waals surface area contributed by atoms with Gasteiger partial charge in [-0.3, -0.25) is 10.1 Å². The average molecular weight is 338 g/mol. The molecule has 0 spiro atoms. The number of H-pyrrole nitrogens is 1. The van der Waals surface area contributed by atoms with Gasteiger partial charge in [0, 0.05) is 30.1 Å². The van der Waals surface area contributed by atoms with Crippen LogP contribution in [0, 0.1) is 0 Å². The summed E-state index contributed by atoms with van der Waals surface area (Å²) in [7, 11) is 0. The molecule has 0 bridgehead atoms. The summed E-state index contributed by atoms with van der Waals surface area (Å²) >= 11 is 0. The number of aromatic nitrogens is 1. The van der Waals surface area contributed by atoms with Crippen molar-refractivity contribution in [3.8, 4) is 0 Å². The van der Waals surface area contributed by atoms with Crippen molar-refractivity contribution >= 4 is 22.8 Å². The Balaban J connectivity index is 1.77. The molecule has 1 heterocycles. The molecule has 1 aromatic heterocycles. The van der Waals surface area contributed by atoms with Crippen LogP contribution in [-0.4, -0.2) is 33.2 Å². The summed E-state index contributed by atoms with van der Waals surface area (Å²) in [5.74, 6) is -2.00. The van der Waals surface area contributed by atoms with Gasteiger partial charge in [-0.15, -0.1) is 0 Å². The van der Waals surface area contributed by atoms with E-state index in [1.54, 1.807) is 18.2 Å². The number of para-hydroxylation sites is 1. The molecule has 3 rings (SSSR count). The molecule has 6 heteroatoms. The molecule has 1 atom stereocenters. The number of benzene rings is 2. The lowest BCUT2D eigenvalue weighted by atomic mass is 10.0. The highest BCUT2D eigenvalue weighted by Crippen LogP contribution is 2.19. The van der Waals surface area contributed by atoms with Crippen LogP contribution in [0.2, 0.25) is 0 Å². The summed E-state index contributed by atoms with van der Waals surface area (Å²) in [5, 5.41) is 22.7. The van der Waals surface area contributed by atoms with Gasteiger partial charge in [-0.25, -0.2) is 4.79 Å². The maximum Gasteiger partial charge on any atom is 0.336 e. The number of aliphatic carboxylic acids is 1. The zero-order valence-corrected chi connectivity index (χ0v) is 13.4. The van der Waals surface area contributed by atoms with Gasteiger partial charge in [0.15, 0.2) is 0 Å². The number of aromatic carboxylic acids is 1. The van der Waals surface area contributed by atoms with Gasteiger partial charge in [0.2, 0.25) is 0 Å². The Kier molecular flexibility index (Phi) is 4.81. The zero-order chi connectivity index (χ0) is 17.8. The summed E-state index contributed by atoms with van der Waals surface area (Å²) in [4.78, 5) is 26.0. The summed E-state index contributed by atoms with van der Waals surface area (Å²) < 4.78 is 0. The minimum absolute atomic E-state index is 0.168. The summed E-state index contributed by atoms with van der Waals surface area (Å²) in [6, 6.07) is 13.5. The van der Waals surface area contributed by atoms with Crippen molar-refractivity contribution in [2.24, 2.45) is 0 Å². The van der Waals surface area contributed by atoms with Crippen LogP contribution >= 0.6 is 0 Å². The van der Waals surface area contributed by atoms with Gasteiger partial charge in [-0.2, -0.15) is 0 Å². The van der Waals surface area contributed by atoms with Crippen LogP contribution in [0.3, 0.4) is 0 Å². The number of hydrogen-bond donors (Lipinski definition) is 4. The minimum atomic E-state index is -1.03. The number of hydrogen-bond acceptors (Lipinski definition) is 3. The first-order valence-electron chi connectivity index (χ1n) is 7.88. The highest BCUT2D eigenvalue weighted by molar-refractivity contribution is 5.89. The number of nitrogens with one attached hydrogen (secondary N) is 2. The third kappa shape index (κ3) is 3.70.